The summed E-state index contributed by atoms with van der Waals surface area (Å²) in [6, 6.07) is 5.59. The quantitative estimate of drug-likeness (QED) is 0.913. The molecule has 3 rings (SSSR count). The number of hydrogen-bond donors (Lipinski definition) is 1. The lowest BCUT2D eigenvalue weighted by molar-refractivity contribution is -0.179. The second-order valence-electron chi connectivity index (χ2n) is 5.77. The maximum Gasteiger partial charge on any atom is 0.251 e. The van der Waals surface area contributed by atoms with Crippen molar-refractivity contribution in [3.63, 3.8) is 0 Å². The van der Waals surface area contributed by atoms with Crippen molar-refractivity contribution in [2.75, 3.05) is 13.2 Å². The van der Waals surface area contributed by atoms with Gasteiger partial charge in [-0.05, 0) is 37.5 Å². The molecule has 1 N–H and O–H groups in total. The van der Waals surface area contributed by atoms with E-state index < -0.39 is 0 Å². The van der Waals surface area contributed by atoms with Crippen molar-refractivity contribution in [1.82, 2.24) is 5.32 Å². The van der Waals surface area contributed by atoms with Gasteiger partial charge in [-0.3, -0.25) is 4.79 Å². The van der Waals surface area contributed by atoms with E-state index in [0.717, 1.165) is 31.2 Å². The van der Waals surface area contributed by atoms with Crippen molar-refractivity contribution < 1.29 is 14.3 Å². The first-order chi connectivity index (χ1) is 10.1. The van der Waals surface area contributed by atoms with E-state index in [1.807, 2.05) is 13.0 Å². The molecule has 2 aliphatic rings. The largest absolute Gasteiger partial charge is 0.349 e. The van der Waals surface area contributed by atoms with Crippen LogP contribution in [0.15, 0.2) is 18.2 Å². The Balaban J connectivity index is 1.60. The molecule has 1 heterocycles. The van der Waals surface area contributed by atoms with Gasteiger partial charge in [0.05, 0.1) is 13.2 Å². The van der Waals surface area contributed by atoms with Crippen molar-refractivity contribution in [2.24, 2.45) is 0 Å². The summed E-state index contributed by atoms with van der Waals surface area (Å²) >= 11 is 6.07. The molecule has 1 spiro atoms. The minimum Gasteiger partial charge on any atom is -0.349 e. The van der Waals surface area contributed by atoms with E-state index in [1.165, 1.54) is 0 Å². The zero-order valence-electron chi connectivity index (χ0n) is 12.2. The summed E-state index contributed by atoms with van der Waals surface area (Å²) < 4.78 is 11.4. The normalized spacial score (nSPS) is 21.6. The molecule has 1 aromatic rings. The zero-order chi connectivity index (χ0) is 14.9. The topological polar surface area (TPSA) is 47.6 Å². The molecule has 0 unspecified atom stereocenters. The Morgan fingerprint density at radius 2 is 1.95 bits per heavy atom. The fraction of sp³-hybridized carbons (Fsp3) is 0.562. The van der Waals surface area contributed by atoms with Crippen LogP contribution in [0.2, 0.25) is 5.02 Å². The Labute approximate surface area is 129 Å². The van der Waals surface area contributed by atoms with Gasteiger partial charge in [0.15, 0.2) is 5.79 Å². The Morgan fingerprint density at radius 3 is 2.62 bits per heavy atom. The Kier molecular flexibility index (Phi) is 4.20. The summed E-state index contributed by atoms with van der Waals surface area (Å²) in [5, 5.41) is 3.72. The molecule has 0 aromatic heterocycles. The molecule has 0 atom stereocenters. The van der Waals surface area contributed by atoms with Gasteiger partial charge >= 0.3 is 0 Å². The third kappa shape index (κ3) is 3.07. The smallest absolute Gasteiger partial charge is 0.251 e. The maximum absolute atomic E-state index is 12.4. The molecule has 5 heteroatoms. The van der Waals surface area contributed by atoms with E-state index in [4.69, 9.17) is 21.1 Å². The first kappa shape index (κ1) is 14.8. The number of carbonyl (C=O) groups excluding carboxylic acids is 1. The first-order valence-electron chi connectivity index (χ1n) is 7.44. The van der Waals surface area contributed by atoms with Crippen molar-refractivity contribution in [1.29, 1.82) is 0 Å². The molecule has 1 aromatic carbocycles. The average molecular weight is 310 g/mol. The second-order valence-corrected chi connectivity index (χ2v) is 6.17. The summed E-state index contributed by atoms with van der Waals surface area (Å²) in [5.74, 6) is -0.433. The maximum atomic E-state index is 12.4. The second kappa shape index (κ2) is 5.95. The number of ether oxygens (including phenoxy) is 2. The Hall–Kier alpha value is -1.10. The lowest BCUT2D eigenvalue weighted by Crippen LogP contribution is -2.44. The van der Waals surface area contributed by atoms with Crippen molar-refractivity contribution in [3.8, 4) is 0 Å². The Morgan fingerprint density at radius 1 is 1.29 bits per heavy atom. The van der Waals surface area contributed by atoms with Gasteiger partial charge in [-0.2, -0.15) is 0 Å². The zero-order valence-corrected chi connectivity index (χ0v) is 12.9. The number of amides is 1. The number of benzene rings is 1. The standard InChI is InChI=1S/C16H20ClNO3/c1-11-13(3-2-4-14(11)17)15(19)18-12-5-7-16(8-6-12)20-9-10-21-16/h2-4,12H,5-10H2,1H3,(H,18,19). The molecular weight excluding hydrogens is 290 g/mol. The molecule has 1 amide bonds. The molecule has 21 heavy (non-hydrogen) atoms. The molecule has 0 radical (unpaired) electrons. The average Bonchev–Trinajstić information content (AvgIpc) is 2.93. The van der Waals surface area contributed by atoms with Crippen LogP contribution in [0.25, 0.3) is 0 Å². The third-order valence-electron chi connectivity index (χ3n) is 4.41. The molecule has 1 saturated heterocycles. The van der Waals surface area contributed by atoms with Crippen LogP contribution in [0.5, 0.6) is 0 Å². The van der Waals surface area contributed by atoms with Crippen LogP contribution >= 0.6 is 11.6 Å². The van der Waals surface area contributed by atoms with Crippen LogP contribution in [0.3, 0.4) is 0 Å². The highest BCUT2D eigenvalue weighted by atomic mass is 35.5. The van der Waals surface area contributed by atoms with Gasteiger partial charge in [0.25, 0.3) is 5.91 Å². The van der Waals surface area contributed by atoms with Gasteiger partial charge in [-0.1, -0.05) is 17.7 Å². The molecule has 0 bridgehead atoms. The van der Waals surface area contributed by atoms with E-state index >= 15 is 0 Å². The summed E-state index contributed by atoms with van der Waals surface area (Å²) in [7, 11) is 0. The number of halogens is 1. The minimum absolute atomic E-state index is 0.0517. The van der Waals surface area contributed by atoms with Gasteiger partial charge in [-0.15, -0.1) is 0 Å². The fourth-order valence-electron chi connectivity index (χ4n) is 3.10. The van der Waals surface area contributed by atoms with Crippen molar-refractivity contribution in [3.05, 3.63) is 34.3 Å². The molecular formula is C16H20ClNO3. The third-order valence-corrected chi connectivity index (χ3v) is 4.82. The van der Waals surface area contributed by atoms with Crippen LogP contribution in [0.4, 0.5) is 0 Å². The highest BCUT2D eigenvalue weighted by Gasteiger charge is 2.40. The van der Waals surface area contributed by atoms with Gasteiger partial charge in [0.2, 0.25) is 0 Å². The molecule has 114 valence electrons. The first-order valence-corrected chi connectivity index (χ1v) is 7.81. The minimum atomic E-state index is -0.382. The lowest BCUT2D eigenvalue weighted by Gasteiger charge is -2.35. The van der Waals surface area contributed by atoms with Crippen LogP contribution in [0.1, 0.15) is 41.6 Å². The van der Waals surface area contributed by atoms with Crippen LogP contribution in [-0.4, -0.2) is 30.9 Å². The number of hydrogen-bond acceptors (Lipinski definition) is 3. The van der Waals surface area contributed by atoms with Gasteiger partial charge < -0.3 is 14.8 Å². The molecule has 1 aliphatic heterocycles. The van der Waals surface area contributed by atoms with E-state index in [1.54, 1.807) is 12.1 Å². The molecule has 2 fully saturated rings. The SMILES string of the molecule is Cc1c(Cl)cccc1C(=O)NC1CCC2(CC1)OCCO2. The van der Waals surface area contributed by atoms with E-state index in [2.05, 4.69) is 5.32 Å². The van der Waals surface area contributed by atoms with Gasteiger partial charge in [0.1, 0.15) is 0 Å². The monoisotopic (exact) mass is 309 g/mol. The van der Waals surface area contributed by atoms with Crippen molar-refractivity contribution >= 4 is 17.5 Å². The molecule has 1 saturated carbocycles. The van der Waals surface area contributed by atoms with Gasteiger partial charge in [0, 0.05) is 29.5 Å². The predicted octanol–water partition coefficient (Wildman–Crippen LogP) is 3.06. The summed E-state index contributed by atoms with van der Waals surface area (Å²) in [6.07, 6.45) is 3.44. The predicted molar refractivity (Wildman–Crippen MR) is 80.5 cm³/mol. The molecule has 4 nitrogen and oxygen atoms in total. The number of carbonyl (C=O) groups is 1. The van der Waals surface area contributed by atoms with Gasteiger partial charge in [-0.25, -0.2) is 0 Å². The molecule has 1 aliphatic carbocycles. The highest BCUT2D eigenvalue weighted by molar-refractivity contribution is 6.31. The van der Waals surface area contributed by atoms with Crippen LogP contribution < -0.4 is 5.32 Å². The van der Waals surface area contributed by atoms with E-state index in [-0.39, 0.29) is 17.7 Å². The summed E-state index contributed by atoms with van der Waals surface area (Å²) in [5.41, 5.74) is 1.47. The van der Waals surface area contributed by atoms with Crippen LogP contribution in [0, 0.1) is 6.92 Å². The van der Waals surface area contributed by atoms with Crippen molar-refractivity contribution in [2.45, 2.75) is 44.4 Å². The summed E-state index contributed by atoms with van der Waals surface area (Å²) in [6.45, 7) is 3.23. The van der Waals surface area contributed by atoms with Crippen LogP contribution in [-0.2, 0) is 9.47 Å². The lowest BCUT2D eigenvalue weighted by atomic mass is 9.90. The fourth-order valence-corrected chi connectivity index (χ4v) is 3.28. The Bertz CT molecular complexity index is 530. The number of rotatable bonds is 2. The van der Waals surface area contributed by atoms with E-state index in [0.29, 0.717) is 23.8 Å². The highest BCUT2D eigenvalue weighted by Crippen LogP contribution is 2.35. The summed E-state index contributed by atoms with van der Waals surface area (Å²) in [4.78, 5) is 12.4. The number of nitrogens with one attached hydrogen (secondary N) is 1. The van der Waals surface area contributed by atoms with E-state index in [9.17, 15) is 4.79 Å².